The number of esters is 1. The number of hydrogen-bond acceptors (Lipinski definition) is 5. The maximum atomic E-state index is 12.9. The van der Waals surface area contributed by atoms with E-state index >= 15 is 0 Å². The lowest BCUT2D eigenvalue weighted by Crippen LogP contribution is -2.23. The van der Waals surface area contributed by atoms with E-state index in [0.29, 0.717) is 22.6 Å². The largest absolute Gasteiger partial charge is 0.493 e. The molecule has 0 unspecified atom stereocenters. The minimum Gasteiger partial charge on any atom is -0.493 e. The number of carbonyl (C=O) groups excluding carboxylic acids is 2. The van der Waals surface area contributed by atoms with E-state index in [-0.39, 0.29) is 12.4 Å². The van der Waals surface area contributed by atoms with Gasteiger partial charge in [0.05, 0.1) is 7.11 Å². The lowest BCUT2D eigenvalue weighted by molar-refractivity contribution is -0.149. The monoisotopic (exact) mass is 376 g/mol. The normalized spacial score (nSPS) is 11.3. The second-order valence-corrected chi connectivity index (χ2v) is 5.95. The number of para-hydroxylation sites is 2. The Labute approximate surface area is 163 Å². The van der Waals surface area contributed by atoms with E-state index in [0.717, 1.165) is 0 Å². The average Bonchev–Trinajstić information content (AvgIpc) is 2.77. The van der Waals surface area contributed by atoms with Gasteiger partial charge in [-0.3, -0.25) is 4.79 Å². The lowest BCUT2D eigenvalue weighted by atomic mass is 10.00. The molecule has 0 radical (unpaired) electrons. The molecule has 28 heavy (non-hydrogen) atoms. The molecule has 0 heterocycles. The summed E-state index contributed by atoms with van der Waals surface area (Å²) in [5, 5.41) is 0. The van der Waals surface area contributed by atoms with Crippen molar-refractivity contribution in [2.75, 3.05) is 13.7 Å². The van der Waals surface area contributed by atoms with Crippen LogP contribution in [0.3, 0.4) is 0 Å². The van der Waals surface area contributed by atoms with Crippen molar-refractivity contribution in [3.63, 3.8) is 0 Å². The molecule has 142 valence electrons. The molecule has 0 fully saturated rings. The quantitative estimate of drug-likeness (QED) is 0.435. The molecular weight excluding hydrogens is 356 g/mol. The highest BCUT2D eigenvalue weighted by molar-refractivity contribution is 6.01. The number of ether oxygens (including phenoxy) is 3. The van der Waals surface area contributed by atoms with Crippen LogP contribution in [0.1, 0.15) is 22.0 Å². The molecule has 0 saturated carbocycles. The van der Waals surface area contributed by atoms with Crippen LogP contribution in [0.4, 0.5) is 0 Å². The number of Topliss-reactive ketones (excluding diaryl/α,β-unsaturated/α-hetero) is 1. The Hall–Kier alpha value is -3.60. The molecule has 0 bridgehead atoms. The van der Waals surface area contributed by atoms with Gasteiger partial charge in [-0.2, -0.15) is 0 Å². The molecule has 0 amide bonds. The van der Waals surface area contributed by atoms with Crippen LogP contribution in [-0.2, 0) is 9.53 Å². The molecule has 3 aromatic rings. The topological polar surface area (TPSA) is 61.8 Å². The predicted octanol–water partition coefficient (Wildman–Crippen LogP) is 4.24. The number of rotatable bonds is 8. The molecule has 3 rings (SSSR count). The summed E-state index contributed by atoms with van der Waals surface area (Å²) < 4.78 is 16.2. The van der Waals surface area contributed by atoms with Crippen molar-refractivity contribution in [2.24, 2.45) is 0 Å². The zero-order chi connectivity index (χ0) is 19.8. The predicted molar refractivity (Wildman–Crippen MR) is 105 cm³/mol. The standard InChI is InChI=1S/C23H20O5/c1-26-19-14-8-9-15-20(19)27-16-21(24)28-23(18-12-6-3-7-13-18)22(25)17-10-4-2-5-11-17/h2-15,23H,16H2,1H3/t23-/m1/s1. The van der Waals surface area contributed by atoms with Gasteiger partial charge in [0.2, 0.25) is 5.78 Å². The van der Waals surface area contributed by atoms with Crippen LogP contribution in [0, 0.1) is 0 Å². The molecule has 0 spiro atoms. The Morgan fingerprint density at radius 1 is 0.786 bits per heavy atom. The van der Waals surface area contributed by atoms with Crippen molar-refractivity contribution in [1.82, 2.24) is 0 Å². The highest BCUT2D eigenvalue weighted by Crippen LogP contribution is 2.26. The van der Waals surface area contributed by atoms with Crippen LogP contribution in [0.15, 0.2) is 84.9 Å². The van der Waals surface area contributed by atoms with E-state index < -0.39 is 12.1 Å². The summed E-state index contributed by atoms with van der Waals surface area (Å²) in [6, 6.07) is 24.6. The Morgan fingerprint density at radius 3 is 2.00 bits per heavy atom. The molecule has 3 aromatic carbocycles. The smallest absolute Gasteiger partial charge is 0.345 e. The summed E-state index contributed by atoms with van der Waals surface area (Å²) >= 11 is 0. The van der Waals surface area contributed by atoms with E-state index in [2.05, 4.69) is 0 Å². The van der Waals surface area contributed by atoms with E-state index in [4.69, 9.17) is 14.2 Å². The Bertz CT molecular complexity index is 922. The molecule has 0 aliphatic carbocycles. The first-order valence-electron chi connectivity index (χ1n) is 8.78. The Morgan fingerprint density at radius 2 is 1.36 bits per heavy atom. The molecule has 5 nitrogen and oxygen atoms in total. The van der Waals surface area contributed by atoms with Gasteiger partial charge >= 0.3 is 5.97 Å². The van der Waals surface area contributed by atoms with Crippen molar-refractivity contribution < 1.29 is 23.8 Å². The van der Waals surface area contributed by atoms with Crippen molar-refractivity contribution in [3.05, 3.63) is 96.1 Å². The number of benzene rings is 3. The van der Waals surface area contributed by atoms with Gasteiger partial charge < -0.3 is 14.2 Å². The summed E-state index contributed by atoms with van der Waals surface area (Å²) in [7, 11) is 1.52. The molecular formula is C23H20O5. The van der Waals surface area contributed by atoms with Crippen LogP contribution in [0.2, 0.25) is 0 Å². The second kappa shape index (κ2) is 9.37. The van der Waals surface area contributed by atoms with E-state index in [9.17, 15) is 9.59 Å². The zero-order valence-corrected chi connectivity index (χ0v) is 15.4. The fourth-order valence-electron chi connectivity index (χ4n) is 2.69. The molecule has 0 aromatic heterocycles. The SMILES string of the molecule is COc1ccccc1OCC(=O)O[C@@H](C(=O)c1ccccc1)c1ccccc1. The first-order valence-corrected chi connectivity index (χ1v) is 8.78. The van der Waals surface area contributed by atoms with Crippen molar-refractivity contribution in [3.8, 4) is 11.5 Å². The number of methoxy groups -OCH3 is 1. The van der Waals surface area contributed by atoms with Crippen molar-refractivity contribution >= 4 is 11.8 Å². The highest BCUT2D eigenvalue weighted by atomic mass is 16.6. The third-order valence-corrected chi connectivity index (χ3v) is 4.06. The second-order valence-electron chi connectivity index (χ2n) is 5.95. The number of carbonyl (C=O) groups is 2. The van der Waals surface area contributed by atoms with Gasteiger partial charge in [0.15, 0.2) is 24.2 Å². The minimum absolute atomic E-state index is 0.294. The van der Waals surface area contributed by atoms with Crippen LogP contribution in [0.25, 0.3) is 0 Å². The summed E-state index contributed by atoms with van der Waals surface area (Å²) in [6.45, 7) is -0.341. The maximum absolute atomic E-state index is 12.9. The van der Waals surface area contributed by atoms with Crippen LogP contribution in [0.5, 0.6) is 11.5 Å². The van der Waals surface area contributed by atoms with Crippen molar-refractivity contribution in [2.45, 2.75) is 6.10 Å². The molecule has 0 saturated heterocycles. The molecule has 0 N–H and O–H groups in total. The number of hydrogen-bond donors (Lipinski definition) is 0. The van der Waals surface area contributed by atoms with Gasteiger partial charge in [-0.15, -0.1) is 0 Å². The van der Waals surface area contributed by atoms with E-state index in [1.165, 1.54) is 7.11 Å². The molecule has 0 aliphatic heterocycles. The lowest BCUT2D eigenvalue weighted by Gasteiger charge is -2.18. The number of ketones is 1. The Balaban J connectivity index is 1.74. The average molecular weight is 376 g/mol. The minimum atomic E-state index is -1.04. The summed E-state index contributed by atoms with van der Waals surface area (Å²) in [6.07, 6.45) is -1.04. The molecule has 0 aliphatic rings. The van der Waals surface area contributed by atoms with Crippen LogP contribution >= 0.6 is 0 Å². The fraction of sp³-hybridized carbons (Fsp3) is 0.130. The van der Waals surface area contributed by atoms with E-state index in [1.54, 1.807) is 72.8 Å². The van der Waals surface area contributed by atoms with E-state index in [1.807, 2.05) is 12.1 Å². The first-order chi connectivity index (χ1) is 13.7. The van der Waals surface area contributed by atoms with Gasteiger partial charge in [-0.1, -0.05) is 72.8 Å². The fourth-order valence-corrected chi connectivity index (χ4v) is 2.69. The molecule has 5 heteroatoms. The molecule has 1 atom stereocenters. The van der Waals surface area contributed by atoms with Crippen molar-refractivity contribution in [1.29, 1.82) is 0 Å². The van der Waals surface area contributed by atoms with Gasteiger partial charge in [0.1, 0.15) is 0 Å². The van der Waals surface area contributed by atoms with Crippen LogP contribution in [-0.4, -0.2) is 25.5 Å². The summed E-state index contributed by atoms with van der Waals surface area (Å²) in [4.78, 5) is 25.3. The Kier molecular flexibility index (Phi) is 6.41. The first kappa shape index (κ1) is 19.2. The maximum Gasteiger partial charge on any atom is 0.345 e. The summed E-state index contributed by atoms with van der Waals surface area (Å²) in [5.41, 5.74) is 1.07. The van der Waals surface area contributed by atoms with Crippen LogP contribution < -0.4 is 9.47 Å². The van der Waals surface area contributed by atoms with Gasteiger partial charge in [0.25, 0.3) is 0 Å². The van der Waals surface area contributed by atoms with Gasteiger partial charge in [-0.05, 0) is 12.1 Å². The summed E-state index contributed by atoms with van der Waals surface area (Å²) in [5.74, 6) is -0.00986. The van der Waals surface area contributed by atoms with Gasteiger partial charge in [0, 0.05) is 11.1 Å². The zero-order valence-electron chi connectivity index (χ0n) is 15.4. The van der Waals surface area contributed by atoms with Gasteiger partial charge in [-0.25, -0.2) is 4.79 Å². The highest BCUT2D eigenvalue weighted by Gasteiger charge is 2.26. The third kappa shape index (κ3) is 4.76. The third-order valence-electron chi connectivity index (χ3n) is 4.06.